The molecule has 1 aromatic heterocycles. The number of carbonyl (C=O) groups excluding carboxylic acids is 3. The Morgan fingerprint density at radius 3 is 2.54 bits per heavy atom. The molecule has 0 radical (unpaired) electrons. The molecule has 0 aliphatic heterocycles. The fraction of sp³-hybridized carbons (Fsp3) is 0.613. The van der Waals surface area contributed by atoms with E-state index in [1.54, 1.807) is 0 Å². The van der Waals surface area contributed by atoms with Gasteiger partial charge in [-0.25, -0.2) is 4.98 Å². The van der Waals surface area contributed by atoms with E-state index in [4.69, 9.17) is 16.6 Å². The van der Waals surface area contributed by atoms with E-state index in [-0.39, 0.29) is 29.9 Å². The fourth-order valence-electron chi connectivity index (χ4n) is 5.45. The van der Waals surface area contributed by atoms with Crippen LogP contribution in [0.1, 0.15) is 83.6 Å². The largest absolute Gasteiger partial charge is 0.353 e. The number of ketones is 2. The molecule has 0 bridgehead atoms. The third-order valence-corrected chi connectivity index (χ3v) is 9.26. The number of hydrogen-bond donors (Lipinski definition) is 1. The maximum atomic E-state index is 13.7. The summed E-state index contributed by atoms with van der Waals surface area (Å²) < 4.78 is 0.974. The van der Waals surface area contributed by atoms with Gasteiger partial charge in [-0.05, 0) is 56.5 Å². The van der Waals surface area contributed by atoms with Gasteiger partial charge in [0.05, 0.1) is 21.1 Å². The number of nitrogens with one attached hydrogen (secondary N) is 1. The van der Waals surface area contributed by atoms with Crippen LogP contribution in [-0.4, -0.2) is 53.0 Å². The van der Waals surface area contributed by atoms with Gasteiger partial charge in [-0.3, -0.25) is 19.3 Å². The van der Waals surface area contributed by atoms with Crippen LogP contribution in [0.4, 0.5) is 0 Å². The summed E-state index contributed by atoms with van der Waals surface area (Å²) in [5, 5.41) is 4.79. The highest BCUT2D eigenvalue weighted by atomic mass is 35.5. The predicted octanol–water partition coefficient (Wildman–Crippen LogP) is 6.79. The Kier molecular flexibility index (Phi) is 12.6. The van der Waals surface area contributed by atoms with Crippen molar-refractivity contribution < 1.29 is 14.4 Å². The van der Waals surface area contributed by atoms with E-state index in [2.05, 4.69) is 30.6 Å². The molecule has 8 heteroatoms. The normalized spacial score (nSPS) is 15.8. The second-order valence-electron chi connectivity index (χ2n) is 10.8. The van der Waals surface area contributed by atoms with Gasteiger partial charge in [0.25, 0.3) is 0 Å². The molecular formula is C31H44ClN3O3S. The zero-order valence-electron chi connectivity index (χ0n) is 23.8. The molecule has 3 rings (SSSR count). The van der Waals surface area contributed by atoms with Crippen LogP contribution in [0.25, 0.3) is 10.2 Å². The van der Waals surface area contributed by atoms with Crippen LogP contribution >= 0.6 is 22.9 Å². The monoisotopic (exact) mass is 573 g/mol. The third kappa shape index (κ3) is 9.51. The van der Waals surface area contributed by atoms with Crippen molar-refractivity contribution in [1.29, 1.82) is 0 Å². The predicted molar refractivity (Wildman–Crippen MR) is 161 cm³/mol. The number of aromatic nitrogens is 1. The lowest BCUT2D eigenvalue weighted by atomic mass is 9.81. The minimum Gasteiger partial charge on any atom is -0.353 e. The van der Waals surface area contributed by atoms with Gasteiger partial charge in [0.1, 0.15) is 5.78 Å². The van der Waals surface area contributed by atoms with Gasteiger partial charge in [-0.2, -0.15) is 0 Å². The lowest BCUT2D eigenvalue weighted by Gasteiger charge is -2.32. The molecule has 6 nitrogen and oxygen atoms in total. The van der Waals surface area contributed by atoms with E-state index in [1.807, 2.05) is 25.1 Å². The number of likely N-dealkylation sites (N-methyl/N-ethyl adjacent to an activating group) is 1. The van der Waals surface area contributed by atoms with Crippen molar-refractivity contribution in [1.82, 2.24) is 15.2 Å². The number of thiazole rings is 1. The number of benzene rings is 1. The Bertz CT molecular complexity index is 1140. The Morgan fingerprint density at radius 1 is 1.15 bits per heavy atom. The van der Waals surface area contributed by atoms with Gasteiger partial charge in [-0.1, -0.05) is 58.2 Å². The molecule has 1 aliphatic rings. The summed E-state index contributed by atoms with van der Waals surface area (Å²) in [5.41, 5.74) is 1.48. The summed E-state index contributed by atoms with van der Waals surface area (Å²) in [6.45, 7) is 12.4. The SMILES string of the molecule is C=C(CN(CC)CC)C(=O)CC[C@@H](NC(=O)[C@@H](CC(=O)CC)Cc1nc2ccc(Cl)cc2s1)C1CCCCC1. The van der Waals surface area contributed by atoms with Crippen molar-refractivity contribution >= 4 is 50.6 Å². The van der Waals surface area contributed by atoms with E-state index >= 15 is 0 Å². The van der Waals surface area contributed by atoms with E-state index in [1.165, 1.54) is 17.8 Å². The minimum absolute atomic E-state index is 0.0661. The number of nitrogens with zero attached hydrogens (tertiary/aromatic N) is 2. The molecule has 39 heavy (non-hydrogen) atoms. The zero-order chi connectivity index (χ0) is 28.4. The van der Waals surface area contributed by atoms with Crippen LogP contribution < -0.4 is 5.32 Å². The van der Waals surface area contributed by atoms with Gasteiger partial charge < -0.3 is 5.32 Å². The molecule has 2 aromatic rings. The summed E-state index contributed by atoms with van der Waals surface area (Å²) in [5.74, 6) is -0.120. The highest BCUT2D eigenvalue weighted by Crippen LogP contribution is 2.30. The summed E-state index contributed by atoms with van der Waals surface area (Å²) >= 11 is 7.67. The standard InChI is InChI=1S/C31H44ClN3O3S/c1-5-25(36)17-23(18-30-33-27-14-13-24(32)19-29(27)39-30)31(38)34-26(22-11-9-8-10-12-22)15-16-28(37)21(4)20-35(6-2)7-3/h13-14,19,22-23,26H,4-12,15-18,20H2,1-3H3,(H,34,38)/t23-,26+/m0/s1. The Morgan fingerprint density at radius 2 is 1.87 bits per heavy atom. The molecule has 1 aromatic carbocycles. The molecule has 1 amide bonds. The molecule has 0 saturated heterocycles. The summed E-state index contributed by atoms with van der Waals surface area (Å²) in [4.78, 5) is 46.0. The Labute approximate surface area is 242 Å². The molecule has 1 aliphatic carbocycles. The Balaban J connectivity index is 1.72. The highest BCUT2D eigenvalue weighted by molar-refractivity contribution is 7.18. The number of halogens is 1. The first kappa shape index (κ1) is 31.4. The molecule has 1 saturated carbocycles. The van der Waals surface area contributed by atoms with Gasteiger partial charge in [-0.15, -0.1) is 11.3 Å². The third-order valence-electron chi connectivity index (χ3n) is 7.99. The van der Waals surface area contributed by atoms with E-state index in [9.17, 15) is 14.4 Å². The summed E-state index contributed by atoms with van der Waals surface area (Å²) in [6.07, 6.45) is 7.58. The molecule has 214 valence electrons. The van der Waals surface area contributed by atoms with Crippen LogP contribution in [0.15, 0.2) is 30.4 Å². The highest BCUT2D eigenvalue weighted by Gasteiger charge is 2.30. The van der Waals surface area contributed by atoms with Gasteiger partial charge in [0, 0.05) is 48.9 Å². The number of carbonyl (C=O) groups is 3. The van der Waals surface area contributed by atoms with Crippen LogP contribution in [0.5, 0.6) is 0 Å². The number of fused-ring (bicyclic) bond motifs is 1. The molecule has 0 unspecified atom stereocenters. The first-order valence-corrected chi connectivity index (χ1v) is 15.7. The molecule has 0 spiro atoms. The van der Waals surface area contributed by atoms with E-state index in [0.29, 0.717) is 48.7 Å². The number of rotatable bonds is 16. The number of amides is 1. The van der Waals surface area contributed by atoms with Crippen molar-refractivity contribution in [3.05, 3.63) is 40.4 Å². The van der Waals surface area contributed by atoms with Gasteiger partial charge in [0.2, 0.25) is 5.91 Å². The van der Waals surface area contributed by atoms with Crippen LogP contribution in [-0.2, 0) is 20.8 Å². The second-order valence-corrected chi connectivity index (χ2v) is 12.3. The smallest absolute Gasteiger partial charge is 0.224 e. The van der Waals surface area contributed by atoms with Crippen molar-refractivity contribution in [2.24, 2.45) is 11.8 Å². The van der Waals surface area contributed by atoms with Crippen LogP contribution in [0.3, 0.4) is 0 Å². The first-order valence-electron chi connectivity index (χ1n) is 14.5. The fourth-order valence-corrected chi connectivity index (χ4v) is 6.78. The van der Waals surface area contributed by atoms with Crippen molar-refractivity contribution in [2.75, 3.05) is 19.6 Å². The van der Waals surface area contributed by atoms with E-state index < -0.39 is 5.92 Å². The quantitative estimate of drug-likeness (QED) is 0.224. The molecular weight excluding hydrogens is 530 g/mol. The molecule has 1 heterocycles. The van der Waals surface area contributed by atoms with Crippen LogP contribution in [0, 0.1) is 11.8 Å². The lowest BCUT2D eigenvalue weighted by Crippen LogP contribution is -2.45. The second kappa shape index (κ2) is 15.6. The summed E-state index contributed by atoms with van der Waals surface area (Å²) in [6, 6.07) is 5.49. The maximum absolute atomic E-state index is 13.7. The van der Waals surface area contributed by atoms with Gasteiger partial charge in [0.15, 0.2) is 5.78 Å². The van der Waals surface area contributed by atoms with Crippen molar-refractivity contribution in [3.63, 3.8) is 0 Å². The summed E-state index contributed by atoms with van der Waals surface area (Å²) in [7, 11) is 0. The zero-order valence-corrected chi connectivity index (χ0v) is 25.3. The first-order chi connectivity index (χ1) is 18.7. The topological polar surface area (TPSA) is 79.4 Å². The average molecular weight is 574 g/mol. The van der Waals surface area contributed by atoms with Crippen molar-refractivity contribution in [2.45, 2.75) is 91.0 Å². The minimum atomic E-state index is -0.493. The van der Waals surface area contributed by atoms with Crippen LogP contribution in [0.2, 0.25) is 5.02 Å². The van der Waals surface area contributed by atoms with Crippen molar-refractivity contribution in [3.8, 4) is 0 Å². The maximum Gasteiger partial charge on any atom is 0.224 e. The number of Topliss-reactive ketones (excluding diaryl/α,β-unsaturated/α-hetero) is 2. The van der Waals surface area contributed by atoms with Gasteiger partial charge >= 0.3 is 0 Å². The average Bonchev–Trinajstić information content (AvgIpc) is 3.34. The number of hydrogen-bond acceptors (Lipinski definition) is 6. The lowest BCUT2D eigenvalue weighted by molar-refractivity contribution is -0.130. The molecule has 2 atom stereocenters. The molecule has 1 fully saturated rings. The van der Waals surface area contributed by atoms with E-state index in [0.717, 1.165) is 54.0 Å². The molecule has 1 N–H and O–H groups in total. The Hall–Kier alpha value is -2.09.